The number of benzene rings is 3. The quantitative estimate of drug-likeness (QED) is 0.246. The molecule has 37 heavy (non-hydrogen) atoms. The van der Waals surface area contributed by atoms with Crippen molar-refractivity contribution in [3.63, 3.8) is 0 Å². The second-order valence-electron chi connectivity index (χ2n) is 8.06. The highest BCUT2D eigenvalue weighted by molar-refractivity contribution is 6.31. The van der Waals surface area contributed by atoms with Gasteiger partial charge in [0.1, 0.15) is 17.2 Å². The van der Waals surface area contributed by atoms with Crippen LogP contribution in [0, 0.1) is 0 Å². The van der Waals surface area contributed by atoms with Gasteiger partial charge in [0, 0.05) is 70.0 Å². The van der Waals surface area contributed by atoms with Gasteiger partial charge in [-0.1, -0.05) is 34.8 Å². The Morgan fingerprint density at radius 3 is 1.14 bits per heavy atom. The van der Waals surface area contributed by atoms with Gasteiger partial charge in [-0.3, -0.25) is 19.9 Å². The van der Waals surface area contributed by atoms with Crippen molar-refractivity contribution in [3.8, 4) is 17.2 Å². The summed E-state index contributed by atoms with van der Waals surface area (Å²) in [5.74, 6) is 0.339. The predicted octanol–water partition coefficient (Wildman–Crippen LogP) is 5.72. The second-order valence-corrected chi connectivity index (χ2v) is 9.37. The molecule has 0 atom stereocenters. The lowest BCUT2D eigenvalue weighted by Crippen LogP contribution is -2.31. The summed E-state index contributed by atoms with van der Waals surface area (Å²) < 4.78 is 0. The Kier molecular flexibility index (Phi) is 11.2. The summed E-state index contributed by atoms with van der Waals surface area (Å²) in [6.45, 7) is 3.37. The van der Waals surface area contributed by atoms with Gasteiger partial charge in [-0.25, -0.2) is 0 Å². The third-order valence-corrected chi connectivity index (χ3v) is 6.00. The van der Waals surface area contributed by atoms with Gasteiger partial charge in [0.2, 0.25) is 0 Å². The molecule has 3 aromatic rings. The maximum atomic E-state index is 9.95. The Hall–Kier alpha value is -3.10. The lowest BCUT2D eigenvalue weighted by Gasteiger charge is -2.19. The molecule has 3 aromatic carbocycles. The largest absolute Gasteiger partial charge is 0.507 e. The Balaban J connectivity index is 1.59. The van der Waals surface area contributed by atoms with Crippen LogP contribution in [-0.2, 0) is 0 Å². The van der Waals surface area contributed by atoms with E-state index in [2.05, 4.69) is 19.9 Å². The van der Waals surface area contributed by atoms with Crippen LogP contribution in [0.3, 0.4) is 0 Å². The van der Waals surface area contributed by atoms with Crippen molar-refractivity contribution in [2.24, 2.45) is 15.0 Å². The summed E-state index contributed by atoms with van der Waals surface area (Å²) in [6, 6.07) is 14.4. The summed E-state index contributed by atoms with van der Waals surface area (Å²) in [5, 5.41) is 31.4. The lowest BCUT2D eigenvalue weighted by atomic mass is 10.2. The smallest absolute Gasteiger partial charge is 0.124 e. The average molecular weight is 562 g/mol. The van der Waals surface area contributed by atoms with Gasteiger partial charge < -0.3 is 15.3 Å². The van der Waals surface area contributed by atoms with E-state index in [1.54, 1.807) is 55.0 Å². The van der Waals surface area contributed by atoms with Crippen molar-refractivity contribution in [1.82, 2.24) is 4.90 Å². The van der Waals surface area contributed by atoms with Gasteiger partial charge in [-0.15, -0.1) is 0 Å². The van der Waals surface area contributed by atoms with Crippen LogP contribution in [0.4, 0.5) is 0 Å². The number of phenols is 3. The van der Waals surface area contributed by atoms with Gasteiger partial charge in [-0.05, 0) is 54.6 Å². The van der Waals surface area contributed by atoms with Crippen LogP contribution in [-0.4, -0.2) is 78.1 Å². The zero-order chi connectivity index (χ0) is 26.6. The fourth-order valence-corrected chi connectivity index (χ4v) is 3.85. The molecule has 0 saturated carbocycles. The molecule has 0 radical (unpaired) electrons. The first-order chi connectivity index (χ1) is 17.8. The van der Waals surface area contributed by atoms with Crippen LogP contribution < -0.4 is 0 Å². The molecular formula is C27H27Cl3N4O3. The van der Waals surface area contributed by atoms with Crippen molar-refractivity contribution in [1.29, 1.82) is 0 Å². The fourth-order valence-electron chi connectivity index (χ4n) is 3.31. The SMILES string of the molecule is Oc1ccc(Cl)cc1C=NCCN(CCN=Cc1cc(Cl)ccc1O)CCN=Cc1cc(Cl)ccc1O. The zero-order valence-electron chi connectivity index (χ0n) is 19.9. The molecule has 0 bridgehead atoms. The Morgan fingerprint density at radius 2 is 0.838 bits per heavy atom. The molecule has 0 unspecified atom stereocenters. The van der Waals surface area contributed by atoms with Crippen LogP contribution in [0.5, 0.6) is 17.2 Å². The molecule has 0 spiro atoms. The molecule has 0 amide bonds. The van der Waals surface area contributed by atoms with Gasteiger partial charge in [0.25, 0.3) is 0 Å². The summed E-state index contributed by atoms with van der Waals surface area (Å²) in [5.41, 5.74) is 1.66. The number of nitrogens with zero attached hydrogens (tertiary/aromatic N) is 4. The highest BCUT2D eigenvalue weighted by atomic mass is 35.5. The normalized spacial score (nSPS) is 12.0. The molecule has 0 saturated heterocycles. The van der Waals surface area contributed by atoms with Crippen molar-refractivity contribution < 1.29 is 15.3 Å². The molecular weight excluding hydrogens is 535 g/mol. The standard InChI is InChI=1S/C27H27Cl3N4O3/c28-22-1-4-25(35)19(13-22)16-31-7-10-34(11-8-32-17-20-14-23(29)2-5-26(20)36)12-9-33-18-21-15-24(30)3-6-27(21)37/h1-6,13-18,35-37H,7-12H2. The van der Waals surface area contributed by atoms with E-state index in [1.165, 1.54) is 18.2 Å². The van der Waals surface area contributed by atoms with E-state index < -0.39 is 0 Å². The van der Waals surface area contributed by atoms with E-state index in [1.807, 2.05) is 0 Å². The first-order valence-electron chi connectivity index (χ1n) is 11.5. The molecule has 0 aliphatic heterocycles. The summed E-state index contributed by atoms with van der Waals surface area (Å²) in [7, 11) is 0. The van der Waals surface area contributed by atoms with Crippen molar-refractivity contribution in [3.05, 3.63) is 86.4 Å². The van der Waals surface area contributed by atoms with E-state index in [9.17, 15) is 15.3 Å². The molecule has 194 valence electrons. The summed E-state index contributed by atoms with van der Waals surface area (Å²) in [4.78, 5) is 15.4. The molecule has 10 heteroatoms. The molecule has 0 fully saturated rings. The first-order valence-corrected chi connectivity index (χ1v) is 12.6. The van der Waals surface area contributed by atoms with E-state index in [0.29, 0.717) is 71.0 Å². The molecule has 7 nitrogen and oxygen atoms in total. The summed E-state index contributed by atoms with van der Waals surface area (Å²) >= 11 is 18.0. The van der Waals surface area contributed by atoms with E-state index >= 15 is 0 Å². The minimum Gasteiger partial charge on any atom is -0.507 e. The number of halogens is 3. The van der Waals surface area contributed by atoms with E-state index in [4.69, 9.17) is 34.8 Å². The third kappa shape index (κ3) is 9.70. The monoisotopic (exact) mass is 560 g/mol. The van der Waals surface area contributed by atoms with E-state index in [-0.39, 0.29) is 17.2 Å². The van der Waals surface area contributed by atoms with Crippen LogP contribution >= 0.6 is 34.8 Å². The number of aliphatic imine (C=N–C) groups is 3. The zero-order valence-corrected chi connectivity index (χ0v) is 22.2. The van der Waals surface area contributed by atoms with Crippen LogP contribution in [0.1, 0.15) is 16.7 Å². The first kappa shape index (κ1) is 28.5. The van der Waals surface area contributed by atoms with Crippen LogP contribution in [0.2, 0.25) is 15.1 Å². The highest BCUT2D eigenvalue weighted by Crippen LogP contribution is 2.21. The average Bonchev–Trinajstić information content (AvgIpc) is 2.87. The van der Waals surface area contributed by atoms with Crippen LogP contribution in [0.15, 0.2) is 69.6 Å². The highest BCUT2D eigenvalue weighted by Gasteiger charge is 2.05. The van der Waals surface area contributed by atoms with Gasteiger partial charge in [0.05, 0.1) is 19.6 Å². The Morgan fingerprint density at radius 1 is 0.541 bits per heavy atom. The maximum absolute atomic E-state index is 9.95. The molecule has 0 heterocycles. The summed E-state index contributed by atoms with van der Waals surface area (Å²) in [6.07, 6.45) is 4.79. The minimum atomic E-state index is 0.113. The lowest BCUT2D eigenvalue weighted by molar-refractivity contribution is 0.298. The number of hydrogen-bond donors (Lipinski definition) is 3. The van der Waals surface area contributed by atoms with Crippen molar-refractivity contribution in [2.75, 3.05) is 39.3 Å². The predicted molar refractivity (Wildman–Crippen MR) is 153 cm³/mol. The molecule has 3 N–H and O–H groups in total. The molecule has 0 aromatic heterocycles. The maximum Gasteiger partial charge on any atom is 0.124 e. The van der Waals surface area contributed by atoms with E-state index in [0.717, 1.165) is 0 Å². The van der Waals surface area contributed by atoms with Gasteiger partial charge >= 0.3 is 0 Å². The minimum absolute atomic E-state index is 0.113. The van der Waals surface area contributed by atoms with Crippen molar-refractivity contribution >= 4 is 53.4 Å². The number of rotatable bonds is 12. The Bertz CT molecular complexity index is 1130. The van der Waals surface area contributed by atoms with Gasteiger partial charge in [-0.2, -0.15) is 0 Å². The Labute approximate surface area is 231 Å². The fraction of sp³-hybridized carbons (Fsp3) is 0.222. The third-order valence-electron chi connectivity index (χ3n) is 5.30. The molecule has 0 aliphatic rings. The number of phenolic OH excluding ortho intramolecular Hbond substituents is 3. The second kappa shape index (κ2) is 14.6. The van der Waals surface area contributed by atoms with Gasteiger partial charge in [0.15, 0.2) is 0 Å². The number of aromatic hydroxyl groups is 3. The van der Waals surface area contributed by atoms with Crippen molar-refractivity contribution in [2.45, 2.75) is 0 Å². The topological polar surface area (TPSA) is 101 Å². The molecule has 0 aliphatic carbocycles. The molecule has 3 rings (SSSR count). The number of hydrogen-bond acceptors (Lipinski definition) is 7. The van der Waals surface area contributed by atoms with Crippen LogP contribution in [0.25, 0.3) is 0 Å².